The molecule has 0 bridgehead atoms. The average Bonchev–Trinajstić information content (AvgIpc) is 3.16. The molecular formula is C25H19BrF2N2O5. The SMILES string of the molecule is O=C(NCC(F)(F)C(=O)Nc1c(Br)cccc1C(=O)O)OCC1c2ccccc2-c2ccccc21. The lowest BCUT2D eigenvalue weighted by Crippen LogP contribution is -2.45. The molecule has 0 aromatic heterocycles. The van der Waals surface area contributed by atoms with Crippen LogP contribution in [0.3, 0.4) is 0 Å². The number of aromatic carboxylic acids is 1. The second-order valence-corrected chi connectivity index (χ2v) is 8.66. The van der Waals surface area contributed by atoms with E-state index in [1.807, 2.05) is 59.2 Å². The minimum atomic E-state index is -4.03. The average molecular weight is 545 g/mol. The lowest BCUT2D eigenvalue weighted by Gasteiger charge is -2.19. The van der Waals surface area contributed by atoms with Gasteiger partial charge < -0.3 is 20.5 Å². The first-order valence-corrected chi connectivity index (χ1v) is 11.3. The smallest absolute Gasteiger partial charge is 0.407 e. The van der Waals surface area contributed by atoms with Crippen molar-refractivity contribution >= 4 is 39.6 Å². The number of fused-ring (bicyclic) bond motifs is 3. The van der Waals surface area contributed by atoms with E-state index in [9.17, 15) is 28.3 Å². The zero-order valence-electron chi connectivity index (χ0n) is 18.1. The minimum absolute atomic E-state index is 0.0729. The molecule has 10 heteroatoms. The number of nitrogens with one attached hydrogen (secondary N) is 2. The summed E-state index contributed by atoms with van der Waals surface area (Å²) >= 11 is 3.04. The number of hydrogen-bond acceptors (Lipinski definition) is 4. The predicted octanol–water partition coefficient (Wildman–Crippen LogP) is 5.26. The summed E-state index contributed by atoms with van der Waals surface area (Å²) in [6, 6.07) is 19.3. The van der Waals surface area contributed by atoms with Gasteiger partial charge in [0, 0.05) is 10.4 Å². The molecule has 7 nitrogen and oxygen atoms in total. The largest absolute Gasteiger partial charge is 0.478 e. The van der Waals surface area contributed by atoms with Crippen molar-refractivity contribution in [1.82, 2.24) is 5.32 Å². The Morgan fingerprint density at radius 1 is 0.943 bits per heavy atom. The third kappa shape index (κ3) is 5.02. The summed E-state index contributed by atoms with van der Waals surface area (Å²) in [4.78, 5) is 35.6. The van der Waals surface area contributed by atoms with Crippen molar-refractivity contribution in [2.24, 2.45) is 0 Å². The van der Waals surface area contributed by atoms with Gasteiger partial charge in [-0.25, -0.2) is 9.59 Å². The molecule has 1 aliphatic rings. The second-order valence-electron chi connectivity index (χ2n) is 7.81. The fourth-order valence-corrected chi connectivity index (χ4v) is 4.41. The van der Waals surface area contributed by atoms with Crippen LogP contribution in [-0.4, -0.2) is 42.2 Å². The molecule has 3 aromatic rings. The number of alkyl carbamates (subject to hydrolysis) is 1. The maximum absolute atomic E-state index is 14.4. The maximum atomic E-state index is 14.4. The molecule has 0 spiro atoms. The number of ether oxygens (including phenoxy) is 1. The van der Waals surface area contributed by atoms with Gasteiger partial charge in [0.1, 0.15) is 6.61 Å². The number of carbonyl (C=O) groups excluding carboxylic acids is 2. The topological polar surface area (TPSA) is 105 Å². The number of para-hydroxylation sites is 1. The number of carboxylic acids is 1. The monoisotopic (exact) mass is 544 g/mol. The summed E-state index contributed by atoms with van der Waals surface area (Å²) in [7, 11) is 0. The fourth-order valence-electron chi connectivity index (χ4n) is 3.95. The van der Waals surface area contributed by atoms with Gasteiger partial charge in [0.15, 0.2) is 0 Å². The van der Waals surface area contributed by atoms with Gasteiger partial charge in [0.2, 0.25) is 0 Å². The van der Waals surface area contributed by atoms with E-state index in [1.54, 1.807) is 0 Å². The summed E-state index contributed by atoms with van der Waals surface area (Å²) < 4.78 is 34.2. The van der Waals surface area contributed by atoms with E-state index in [2.05, 4.69) is 15.9 Å². The fraction of sp³-hybridized carbons (Fsp3) is 0.160. The summed E-state index contributed by atoms with van der Waals surface area (Å²) in [6.45, 7) is -1.40. The Kier molecular flexibility index (Phi) is 6.83. The predicted molar refractivity (Wildman–Crippen MR) is 128 cm³/mol. The van der Waals surface area contributed by atoms with Crippen molar-refractivity contribution in [2.75, 3.05) is 18.5 Å². The lowest BCUT2D eigenvalue weighted by atomic mass is 9.98. The highest BCUT2D eigenvalue weighted by atomic mass is 79.9. The molecule has 180 valence electrons. The van der Waals surface area contributed by atoms with Crippen LogP contribution in [0.2, 0.25) is 0 Å². The summed E-state index contributed by atoms with van der Waals surface area (Å²) in [5, 5.41) is 13.0. The molecule has 2 amide bonds. The molecular weight excluding hydrogens is 526 g/mol. The summed E-state index contributed by atoms with van der Waals surface area (Å²) in [5.74, 6) is -7.45. The Labute approximate surface area is 207 Å². The first-order valence-electron chi connectivity index (χ1n) is 10.5. The molecule has 0 radical (unpaired) electrons. The normalized spacial score (nSPS) is 12.4. The van der Waals surface area contributed by atoms with E-state index in [1.165, 1.54) is 12.1 Å². The van der Waals surface area contributed by atoms with Crippen LogP contribution in [0, 0.1) is 0 Å². The number of rotatable bonds is 7. The van der Waals surface area contributed by atoms with Crippen molar-refractivity contribution in [3.8, 4) is 11.1 Å². The molecule has 4 rings (SSSR count). The second kappa shape index (κ2) is 9.83. The van der Waals surface area contributed by atoms with Crippen molar-refractivity contribution in [3.63, 3.8) is 0 Å². The molecule has 1 aliphatic carbocycles. The summed E-state index contributed by atoms with van der Waals surface area (Å²) in [6.07, 6.45) is -1.11. The molecule has 0 saturated heterocycles. The van der Waals surface area contributed by atoms with Crippen LogP contribution in [0.25, 0.3) is 11.1 Å². The molecule has 0 heterocycles. The number of benzene rings is 3. The van der Waals surface area contributed by atoms with E-state index >= 15 is 0 Å². The zero-order chi connectivity index (χ0) is 25.2. The number of alkyl halides is 2. The van der Waals surface area contributed by atoms with Gasteiger partial charge in [-0.15, -0.1) is 0 Å². The van der Waals surface area contributed by atoms with Crippen LogP contribution < -0.4 is 10.6 Å². The first kappa shape index (κ1) is 24.3. The van der Waals surface area contributed by atoms with E-state index in [0.29, 0.717) is 0 Å². The number of hydrogen-bond donors (Lipinski definition) is 3. The van der Waals surface area contributed by atoms with Crippen LogP contribution in [0.5, 0.6) is 0 Å². The standard InChI is InChI=1S/C25H19BrF2N2O5/c26-20-11-5-10-18(22(31)32)21(20)30-23(33)25(27,28)13-29-24(34)35-12-19-16-8-3-1-6-14(16)15-7-2-4-9-17(15)19/h1-11,19H,12-13H2,(H,29,34)(H,30,33)(H,31,32). The minimum Gasteiger partial charge on any atom is -0.478 e. The Balaban J connectivity index is 1.37. The molecule has 35 heavy (non-hydrogen) atoms. The third-order valence-corrected chi connectivity index (χ3v) is 6.27. The van der Waals surface area contributed by atoms with Crippen molar-refractivity contribution in [3.05, 3.63) is 87.9 Å². The van der Waals surface area contributed by atoms with Crippen LogP contribution in [0.1, 0.15) is 27.4 Å². The van der Waals surface area contributed by atoms with E-state index in [0.717, 1.165) is 28.3 Å². The zero-order valence-corrected chi connectivity index (χ0v) is 19.6. The first-order chi connectivity index (χ1) is 16.7. The number of carboxylic acid groups (broad SMARTS) is 1. The van der Waals surface area contributed by atoms with Gasteiger partial charge in [0.25, 0.3) is 5.91 Å². The maximum Gasteiger partial charge on any atom is 0.407 e. The van der Waals surface area contributed by atoms with Crippen molar-refractivity contribution in [2.45, 2.75) is 11.8 Å². The highest BCUT2D eigenvalue weighted by Crippen LogP contribution is 2.44. The van der Waals surface area contributed by atoms with Crippen LogP contribution in [-0.2, 0) is 9.53 Å². The van der Waals surface area contributed by atoms with E-state index < -0.39 is 30.4 Å². The Morgan fingerprint density at radius 3 is 2.14 bits per heavy atom. The van der Waals surface area contributed by atoms with Gasteiger partial charge in [-0.05, 0) is 50.3 Å². The molecule has 0 saturated carbocycles. The molecule has 0 unspecified atom stereocenters. The summed E-state index contributed by atoms with van der Waals surface area (Å²) in [5.41, 5.74) is 3.29. The number of amides is 2. The lowest BCUT2D eigenvalue weighted by molar-refractivity contribution is -0.138. The van der Waals surface area contributed by atoms with Crippen LogP contribution in [0.15, 0.2) is 71.2 Å². The number of halogens is 3. The van der Waals surface area contributed by atoms with Crippen LogP contribution >= 0.6 is 15.9 Å². The molecule has 0 aliphatic heterocycles. The number of anilines is 1. The van der Waals surface area contributed by atoms with Gasteiger partial charge >= 0.3 is 18.0 Å². The Hall–Kier alpha value is -3.79. The Morgan fingerprint density at radius 2 is 1.54 bits per heavy atom. The van der Waals surface area contributed by atoms with Crippen LogP contribution in [0.4, 0.5) is 19.3 Å². The van der Waals surface area contributed by atoms with E-state index in [-0.39, 0.29) is 28.2 Å². The highest BCUT2D eigenvalue weighted by molar-refractivity contribution is 9.10. The highest BCUT2D eigenvalue weighted by Gasteiger charge is 2.40. The Bertz CT molecular complexity index is 1270. The quantitative estimate of drug-likeness (QED) is 0.376. The molecule has 0 atom stereocenters. The third-order valence-electron chi connectivity index (χ3n) is 5.61. The van der Waals surface area contributed by atoms with Gasteiger partial charge in [-0.1, -0.05) is 54.6 Å². The van der Waals surface area contributed by atoms with Gasteiger partial charge in [-0.2, -0.15) is 8.78 Å². The van der Waals surface area contributed by atoms with E-state index in [4.69, 9.17) is 4.74 Å². The van der Waals surface area contributed by atoms with Crippen molar-refractivity contribution < 1.29 is 33.0 Å². The van der Waals surface area contributed by atoms with Gasteiger partial charge in [0.05, 0.1) is 17.8 Å². The number of carbonyl (C=O) groups is 3. The molecule has 3 N–H and O–H groups in total. The van der Waals surface area contributed by atoms with Gasteiger partial charge in [-0.3, -0.25) is 4.79 Å². The van der Waals surface area contributed by atoms with Crippen molar-refractivity contribution in [1.29, 1.82) is 0 Å². The molecule has 0 fully saturated rings. The molecule has 3 aromatic carbocycles.